The van der Waals surface area contributed by atoms with Gasteiger partial charge < -0.3 is 24.3 Å². The molecule has 2 aromatic rings. The van der Waals surface area contributed by atoms with Gasteiger partial charge in [0, 0.05) is 6.54 Å². The second kappa shape index (κ2) is 10.1. The van der Waals surface area contributed by atoms with Crippen molar-refractivity contribution in [1.29, 1.82) is 0 Å². The zero-order chi connectivity index (χ0) is 19.6. The number of carbonyl (C=O) groups is 2. The summed E-state index contributed by atoms with van der Waals surface area (Å²) in [5.74, 6) is 0.392. The minimum Gasteiger partial charge on any atom is -0.496 e. The van der Waals surface area contributed by atoms with E-state index in [1.54, 1.807) is 25.3 Å². The Bertz CT molecular complexity index is 790. The SMILES string of the molecule is COc1ccccc1CCNC(=O)COC(=O)c1cccc(OC)c1OC. The Morgan fingerprint density at radius 2 is 1.59 bits per heavy atom. The summed E-state index contributed by atoms with van der Waals surface area (Å²) < 4.78 is 20.7. The van der Waals surface area contributed by atoms with Crippen LogP contribution < -0.4 is 19.5 Å². The van der Waals surface area contributed by atoms with Crippen LogP contribution in [-0.4, -0.2) is 46.4 Å². The number of methoxy groups -OCH3 is 3. The highest BCUT2D eigenvalue weighted by Gasteiger charge is 2.18. The van der Waals surface area contributed by atoms with Crippen LogP contribution in [0.1, 0.15) is 15.9 Å². The average molecular weight is 373 g/mol. The maximum Gasteiger partial charge on any atom is 0.342 e. The number of carbonyl (C=O) groups excluding carboxylic acids is 2. The summed E-state index contributed by atoms with van der Waals surface area (Å²) in [6.07, 6.45) is 0.605. The van der Waals surface area contributed by atoms with Crippen LogP contribution in [-0.2, 0) is 16.0 Å². The van der Waals surface area contributed by atoms with Crippen molar-refractivity contribution in [3.8, 4) is 17.2 Å². The molecule has 0 spiro atoms. The highest BCUT2D eigenvalue weighted by molar-refractivity contribution is 5.94. The van der Waals surface area contributed by atoms with Gasteiger partial charge in [0.15, 0.2) is 18.1 Å². The van der Waals surface area contributed by atoms with E-state index in [0.717, 1.165) is 11.3 Å². The van der Waals surface area contributed by atoms with Crippen LogP contribution in [0.5, 0.6) is 17.2 Å². The fraction of sp³-hybridized carbons (Fsp3) is 0.300. The average Bonchev–Trinajstić information content (AvgIpc) is 2.71. The maximum atomic E-state index is 12.2. The van der Waals surface area contributed by atoms with Crippen LogP contribution in [0, 0.1) is 0 Å². The van der Waals surface area contributed by atoms with Gasteiger partial charge in [-0.15, -0.1) is 0 Å². The largest absolute Gasteiger partial charge is 0.496 e. The molecule has 0 aliphatic carbocycles. The molecule has 144 valence electrons. The summed E-state index contributed by atoms with van der Waals surface area (Å²) >= 11 is 0. The van der Waals surface area contributed by atoms with Crippen molar-refractivity contribution in [1.82, 2.24) is 5.32 Å². The fourth-order valence-electron chi connectivity index (χ4n) is 2.55. The predicted molar refractivity (Wildman–Crippen MR) is 99.5 cm³/mol. The first-order valence-electron chi connectivity index (χ1n) is 8.37. The van der Waals surface area contributed by atoms with E-state index in [1.165, 1.54) is 14.2 Å². The van der Waals surface area contributed by atoms with E-state index in [1.807, 2.05) is 24.3 Å². The molecule has 1 N–H and O–H groups in total. The first-order valence-corrected chi connectivity index (χ1v) is 8.37. The number of amides is 1. The van der Waals surface area contributed by atoms with Crippen LogP contribution >= 0.6 is 0 Å². The molecule has 0 radical (unpaired) electrons. The number of para-hydroxylation sites is 2. The van der Waals surface area contributed by atoms with Crippen LogP contribution in [0.15, 0.2) is 42.5 Å². The second-order valence-electron chi connectivity index (χ2n) is 5.53. The maximum absolute atomic E-state index is 12.2. The van der Waals surface area contributed by atoms with Gasteiger partial charge in [0.1, 0.15) is 11.3 Å². The summed E-state index contributed by atoms with van der Waals surface area (Å²) in [4.78, 5) is 24.1. The number of ether oxygens (including phenoxy) is 4. The lowest BCUT2D eigenvalue weighted by Crippen LogP contribution is -2.30. The van der Waals surface area contributed by atoms with Crippen LogP contribution in [0.4, 0.5) is 0 Å². The summed E-state index contributed by atoms with van der Waals surface area (Å²) in [7, 11) is 4.51. The molecule has 2 aromatic carbocycles. The summed E-state index contributed by atoms with van der Waals surface area (Å²) in [6.45, 7) is 0.0182. The minimum atomic E-state index is -0.661. The molecule has 0 aliphatic rings. The van der Waals surface area contributed by atoms with Crippen molar-refractivity contribution in [3.63, 3.8) is 0 Å². The summed E-state index contributed by atoms with van der Waals surface area (Å²) in [6, 6.07) is 12.4. The van der Waals surface area contributed by atoms with Crippen molar-refractivity contribution in [2.45, 2.75) is 6.42 Å². The Labute approximate surface area is 158 Å². The number of hydrogen-bond acceptors (Lipinski definition) is 6. The molecule has 0 fully saturated rings. The van der Waals surface area contributed by atoms with Gasteiger partial charge in [0.25, 0.3) is 5.91 Å². The van der Waals surface area contributed by atoms with Gasteiger partial charge in [0.05, 0.1) is 21.3 Å². The van der Waals surface area contributed by atoms with Gasteiger partial charge in [0.2, 0.25) is 0 Å². The smallest absolute Gasteiger partial charge is 0.342 e. The fourth-order valence-corrected chi connectivity index (χ4v) is 2.55. The van der Waals surface area contributed by atoms with E-state index >= 15 is 0 Å². The number of esters is 1. The number of benzene rings is 2. The molecule has 0 bridgehead atoms. The third kappa shape index (κ3) is 5.37. The molecule has 0 aromatic heterocycles. The van der Waals surface area contributed by atoms with Crippen LogP contribution in [0.25, 0.3) is 0 Å². The molecule has 7 heteroatoms. The number of rotatable bonds is 9. The lowest BCUT2D eigenvalue weighted by atomic mass is 10.1. The summed E-state index contributed by atoms with van der Waals surface area (Å²) in [5, 5.41) is 2.71. The van der Waals surface area contributed by atoms with Gasteiger partial charge >= 0.3 is 5.97 Å². The third-order valence-corrected chi connectivity index (χ3v) is 3.87. The predicted octanol–water partition coefficient (Wildman–Crippen LogP) is 2.23. The summed E-state index contributed by atoms with van der Waals surface area (Å²) in [5.41, 5.74) is 1.18. The van der Waals surface area contributed by atoms with Crippen LogP contribution in [0.3, 0.4) is 0 Å². The zero-order valence-corrected chi connectivity index (χ0v) is 15.6. The minimum absolute atomic E-state index is 0.193. The Kier molecular flexibility index (Phi) is 7.49. The molecular formula is C20H23NO6. The first kappa shape index (κ1) is 20.1. The molecule has 0 saturated carbocycles. The first-order chi connectivity index (χ1) is 13.1. The standard InChI is InChI=1S/C20H23NO6/c1-24-16-9-5-4-7-14(16)11-12-21-18(22)13-27-20(23)15-8-6-10-17(25-2)19(15)26-3/h4-10H,11-13H2,1-3H3,(H,21,22). The van der Waals surface area contributed by atoms with Crippen LogP contribution in [0.2, 0.25) is 0 Å². The molecule has 27 heavy (non-hydrogen) atoms. The second-order valence-corrected chi connectivity index (χ2v) is 5.53. The molecule has 7 nitrogen and oxygen atoms in total. The number of hydrogen-bond donors (Lipinski definition) is 1. The monoisotopic (exact) mass is 373 g/mol. The number of nitrogens with one attached hydrogen (secondary N) is 1. The van der Waals surface area contributed by atoms with Crippen molar-refractivity contribution >= 4 is 11.9 Å². The highest BCUT2D eigenvalue weighted by Crippen LogP contribution is 2.31. The Morgan fingerprint density at radius 1 is 0.889 bits per heavy atom. The van der Waals surface area contributed by atoms with Gasteiger partial charge in [-0.25, -0.2) is 4.79 Å². The van der Waals surface area contributed by atoms with E-state index in [-0.39, 0.29) is 23.8 Å². The molecule has 0 unspecified atom stereocenters. The highest BCUT2D eigenvalue weighted by atomic mass is 16.5. The van der Waals surface area contributed by atoms with Gasteiger partial charge in [-0.1, -0.05) is 24.3 Å². The Hall–Kier alpha value is -3.22. The molecule has 0 saturated heterocycles. The van der Waals surface area contributed by atoms with Gasteiger partial charge in [-0.2, -0.15) is 0 Å². The molecule has 0 aliphatic heterocycles. The zero-order valence-electron chi connectivity index (χ0n) is 15.6. The van der Waals surface area contributed by atoms with Crippen molar-refractivity contribution < 1.29 is 28.5 Å². The van der Waals surface area contributed by atoms with E-state index in [4.69, 9.17) is 18.9 Å². The lowest BCUT2D eigenvalue weighted by molar-refractivity contribution is -0.124. The van der Waals surface area contributed by atoms with Gasteiger partial charge in [-0.05, 0) is 30.2 Å². The normalized spacial score (nSPS) is 10.0. The molecule has 1 amide bonds. The Morgan fingerprint density at radius 3 is 2.30 bits per heavy atom. The Balaban J connectivity index is 1.84. The van der Waals surface area contributed by atoms with E-state index in [0.29, 0.717) is 18.7 Å². The molecular weight excluding hydrogens is 350 g/mol. The van der Waals surface area contributed by atoms with E-state index in [2.05, 4.69) is 5.32 Å². The third-order valence-electron chi connectivity index (χ3n) is 3.87. The van der Waals surface area contributed by atoms with Crippen molar-refractivity contribution in [2.75, 3.05) is 34.5 Å². The van der Waals surface area contributed by atoms with Crippen molar-refractivity contribution in [2.24, 2.45) is 0 Å². The molecule has 0 atom stereocenters. The molecule has 0 heterocycles. The lowest BCUT2D eigenvalue weighted by Gasteiger charge is -2.12. The topological polar surface area (TPSA) is 83.1 Å². The quantitative estimate of drug-likeness (QED) is 0.679. The van der Waals surface area contributed by atoms with Gasteiger partial charge in [-0.3, -0.25) is 4.79 Å². The van der Waals surface area contributed by atoms with E-state index < -0.39 is 5.97 Å². The van der Waals surface area contributed by atoms with E-state index in [9.17, 15) is 9.59 Å². The molecule has 2 rings (SSSR count). The van der Waals surface area contributed by atoms with Crippen molar-refractivity contribution in [3.05, 3.63) is 53.6 Å².